The van der Waals surface area contributed by atoms with Gasteiger partial charge in [0.1, 0.15) is 0 Å². The number of hydrogen-bond acceptors (Lipinski definition) is 4. The zero-order valence-corrected chi connectivity index (χ0v) is 11.2. The van der Waals surface area contributed by atoms with E-state index >= 15 is 0 Å². The molecule has 0 spiro atoms. The van der Waals surface area contributed by atoms with Crippen molar-refractivity contribution in [1.82, 2.24) is 0 Å². The maximum Gasteiger partial charge on any atom is 0.339 e. The van der Waals surface area contributed by atoms with Crippen LogP contribution in [0.15, 0.2) is 23.1 Å². The Balaban J connectivity index is 2.72. The van der Waals surface area contributed by atoms with Gasteiger partial charge in [-0.25, -0.2) is 4.79 Å². The van der Waals surface area contributed by atoms with Crippen molar-refractivity contribution >= 4 is 23.4 Å². The van der Waals surface area contributed by atoms with Crippen LogP contribution in [0.25, 0.3) is 0 Å². The Kier molecular flexibility index (Phi) is 5.91. The van der Waals surface area contributed by atoms with Crippen molar-refractivity contribution in [2.75, 3.05) is 18.6 Å². The van der Waals surface area contributed by atoms with Gasteiger partial charge in [-0.2, -0.15) is 0 Å². The fourth-order valence-corrected chi connectivity index (χ4v) is 2.51. The number of ether oxygens (including phenoxy) is 1. The summed E-state index contributed by atoms with van der Waals surface area (Å²) in [5.41, 5.74) is 6.83. The first kappa shape index (κ1) is 13.9. The summed E-state index contributed by atoms with van der Waals surface area (Å²) in [5, 5.41) is 0. The van der Waals surface area contributed by atoms with E-state index in [1.165, 1.54) is 20.0 Å². The van der Waals surface area contributed by atoms with Crippen LogP contribution < -0.4 is 5.73 Å². The lowest BCUT2D eigenvalue weighted by atomic mass is 10.2. The summed E-state index contributed by atoms with van der Waals surface area (Å²) in [6.07, 6.45) is 3.58. The van der Waals surface area contributed by atoms with Crippen LogP contribution in [-0.4, -0.2) is 18.8 Å². The van der Waals surface area contributed by atoms with Crippen molar-refractivity contribution in [3.05, 3.63) is 23.8 Å². The van der Waals surface area contributed by atoms with Crippen molar-refractivity contribution in [2.45, 2.75) is 31.1 Å². The maximum absolute atomic E-state index is 11.6. The molecule has 0 saturated carbocycles. The van der Waals surface area contributed by atoms with E-state index in [9.17, 15) is 4.79 Å². The Morgan fingerprint density at radius 1 is 1.41 bits per heavy atom. The second kappa shape index (κ2) is 7.22. The van der Waals surface area contributed by atoms with Gasteiger partial charge in [0.2, 0.25) is 0 Å². The number of unbranched alkanes of at least 4 members (excludes halogenated alkanes) is 2. The number of methoxy groups -OCH3 is 1. The number of carbonyl (C=O) groups is 1. The maximum atomic E-state index is 11.6. The Bertz CT molecular complexity index is 380. The molecule has 0 heterocycles. The van der Waals surface area contributed by atoms with Gasteiger partial charge >= 0.3 is 5.97 Å². The van der Waals surface area contributed by atoms with Crippen molar-refractivity contribution in [1.29, 1.82) is 0 Å². The highest BCUT2D eigenvalue weighted by Gasteiger charge is 2.12. The molecular formula is C13H19NO2S. The van der Waals surface area contributed by atoms with Gasteiger partial charge in [-0.15, -0.1) is 11.8 Å². The van der Waals surface area contributed by atoms with Gasteiger partial charge in [0.15, 0.2) is 0 Å². The van der Waals surface area contributed by atoms with Crippen molar-refractivity contribution in [2.24, 2.45) is 0 Å². The molecule has 0 bridgehead atoms. The highest BCUT2D eigenvalue weighted by atomic mass is 32.2. The molecule has 0 atom stereocenters. The van der Waals surface area contributed by atoms with Crippen LogP contribution in [0.3, 0.4) is 0 Å². The van der Waals surface area contributed by atoms with Gasteiger partial charge < -0.3 is 10.5 Å². The van der Waals surface area contributed by atoms with Crippen molar-refractivity contribution in [3.8, 4) is 0 Å². The molecule has 2 N–H and O–H groups in total. The largest absolute Gasteiger partial charge is 0.465 e. The summed E-state index contributed by atoms with van der Waals surface area (Å²) in [5.74, 6) is 0.692. The monoisotopic (exact) mass is 253 g/mol. The van der Waals surface area contributed by atoms with E-state index in [0.29, 0.717) is 11.3 Å². The molecule has 0 aromatic heterocycles. The molecule has 0 aliphatic rings. The Morgan fingerprint density at radius 3 is 2.82 bits per heavy atom. The van der Waals surface area contributed by atoms with Crippen LogP contribution in [-0.2, 0) is 4.74 Å². The third kappa shape index (κ3) is 4.30. The molecule has 0 saturated heterocycles. The molecule has 0 radical (unpaired) electrons. The van der Waals surface area contributed by atoms with E-state index in [2.05, 4.69) is 6.92 Å². The number of nitrogen functional groups attached to an aromatic ring is 1. The molecule has 0 aliphatic heterocycles. The van der Waals surface area contributed by atoms with Gasteiger partial charge in [-0.3, -0.25) is 0 Å². The van der Waals surface area contributed by atoms with E-state index in [1.807, 2.05) is 12.1 Å². The van der Waals surface area contributed by atoms with Gasteiger partial charge in [-0.1, -0.05) is 19.8 Å². The number of rotatable bonds is 6. The van der Waals surface area contributed by atoms with E-state index < -0.39 is 0 Å². The van der Waals surface area contributed by atoms with E-state index in [-0.39, 0.29) is 5.97 Å². The zero-order chi connectivity index (χ0) is 12.7. The number of carbonyl (C=O) groups excluding carboxylic acids is 1. The van der Waals surface area contributed by atoms with Gasteiger partial charge in [0.05, 0.1) is 12.7 Å². The molecule has 4 heteroatoms. The number of esters is 1. The first-order valence-corrected chi connectivity index (χ1v) is 6.78. The highest BCUT2D eigenvalue weighted by Crippen LogP contribution is 2.26. The molecule has 0 fully saturated rings. The summed E-state index contributed by atoms with van der Waals surface area (Å²) < 4.78 is 4.75. The fraction of sp³-hybridized carbons (Fsp3) is 0.462. The molecule has 0 aliphatic carbocycles. The Morgan fingerprint density at radius 2 is 2.18 bits per heavy atom. The minimum absolute atomic E-state index is 0.324. The van der Waals surface area contributed by atoms with E-state index in [1.54, 1.807) is 17.8 Å². The quantitative estimate of drug-likeness (QED) is 0.365. The third-order valence-corrected chi connectivity index (χ3v) is 3.57. The van der Waals surface area contributed by atoms with Crippen LogP contribution in [0.1, 0.15) is 36.5 Å². The molecular weight excluding hydrogens is 234 g/mol. The lowest BCUT2D eigenvalue weighted by Crippen LogP contribution is -2.04. The number of thioether (sulfide) groups is 1. The summed E-state index contributed by atoms with van der Waals surface area (Å²) in [6.45, 7) is 2.17. The molecule has 0 amide bonds. The summed E-state index contributed by atoms with van der Waals surface area (Å²) in [6, 6.07) is 5.38. The zero-order valence-electron chi connectivity index (χ0n) is 10.4. The average Bonchev–Trinajstić information content (AvgIpc) is 2.35. The van der Waals surface area contributed by atoms with Crippen LogP contribution in [0.4, 0.5) is 5.69 Å². The summed E-state index contributed by atoms with van der Waals surface area (Å²) in [4.78, 5) is 12.5. The second-order valence-electron chi connectivity index (χ2n) is 3.80. The highest BCUT2D eigenvalue weighted by molar-refractivity contribution is 7.99. The predicted octanol–water partition coefficient (Wildman–Crippen LogP) is 3.34. The van der Waals surface area contributed by atoms with Gasteiger partial charge in [0, 0.05) is 10.6 Å². The summed E-state index contributed by atoms with van der Waals surface area (Å²) >= 11 is 1.68. The SMILES string of the molecule is CCCCCSc1ccc(N)cc1C(=O)OC. The molecule has 1 aromatic carbocycles. The lowest BCUT2D eigenvalue weighted by molar-refractivity contribution is 0.0597. The van der Waals surface area contributed by atoms with Crippen molar-refractivity contribution < 1.29 is 9.53 Å². The summed E-state index contributed by atoms with van der Waals surface area (Å²) in [7, 11) is 1.39. The molecule has 1 aromatic rings. The molecule has 94 valence electrons. The number of nitrogens with two attached hydrogens (primary N) is 1. The predicted molar refractivity (Wildman–Crippen MR) is 72.4 cm³/mol. The second-order valence-corrected chi connectivity index (χ2v) is 4.94. The average molecular weight is 253 g/mol. The lowest BCUT2D eigenvalue weighted by Gasteiger charge is -2.08. The van der Waals surface area contributed by atoms with Crippen LogP contribution in [0.2, 0.25) is 0 Å². The van der Waals surface area contributed by atoms with Crippen LogP contribution in [0, 0.1) is 0 Å². The number of anilines is 1. The molecule has 17 heavy (non-hydrogen) atoms. The van der Waals surface area contributed by atoms with Crippen LogP contribution in [0.5, 0.6) is 0 Å². The smallest absolute Gasteiger partial charge is 0.339 e. The fourth-order valence-electron chi connectivity index (χ4n) is 1.48. The first-order valence-electron chi connectivity index (χ1n) is 5.79. The minimum Gasteiger partial charge on any atom is -0.465 e. The standard InChI is InChI=1S/C13H19NO2S/c1-3-4-5-8-17-12-7-6-10(14)9-11(12)13(15)16-2/h6-7,9H,3-5,8,14H2,1-2H3. The van der Waals surface area contributed by atoms with Crippen LogP contribution >= 0.6 is 11.8 Å². The van der Waals surface area contributed by atoms with E-state index in [4.69, 9.17) is 10.5 Å². The normalized spacial score (nSPS) is 10.2. The molecule has 0 unspecified atom stereocenters. The molecule has 1 rings (SSSR count). The minimum atomic E-state index is -0.324. The number of hydrogen-bond donors (Lipinski definition) is 1. The Hall–Kier alpha value is -1.16. The van der Waals surface area contributed by atoms with Gasteiger partial charge in [0.25, 0.3) is 0 Å². The number of benzene rings is 1. The van der Waals surface area contributed by atoms with Gasteiger partial charge in [-0.05, 0) is 30.4 Å². The Labute approximate surface area is 107 Å². The third-order valence-electron chi connectivity index (χ3n) is 2.41. The first-order chi connectivity index (χ1) is 8.19. The topological polar surface area (TPSA) is 52.3 Å². The van der Waals surface area contributed by atoms with E-state index in [0.717, 1.165) is 17.1 Å². The molecule has 3 nitrogen and oxygen atoms in total. The van der Waals surface area contributed by atoms with Crippen molar-refractivity contribution in [3.63, 3.8) is 0 Å².